The van der Waals surface area contributed by atoms with Crippen LogP contribution in [0.1, 0.15) is 39.5 Å². The summed E-state index contributed by atoms with van der Waals surface area (Å²) in [6.45, 7) is 4.56. The Labute approximate surface area is 126 Å². The van der Waals surface area contributed by atoms with E-state index in [2.05, 4.69) is 5.32 Å². The molecule has 0 radical (unpaired) electrons. The summed E-state index contributed by atoms with van der Waals surface area (Å²) >= 11 is 0. The molecule has 21 heavy (non-hydrogen) atoms. The van der Waals surface area contributed by atoms with E-state index >= 15 is 0 Å². The molecule has 0 spiro atoms. The van der Waals surface area contributed by atoms with Gasteiger partial charge in [0.05, 0.1) is 0 Å². The molecule has 2 rings (SSSR count). The first-order chi connectivity index (χ1) is 10.1. The molecular weight excluding hydrogens is 260 g/mol. The summed E-state index contributed by atoms with van der Waals surface area (Å²) in [5.41, 5.74) is 10.1. The smallest absolute Gasteiger partial charge is 0.251 e. The van der Waals surface area contributed by atoms with Crippen LogP contribution >= 0.6 is 0 Å². The van der Waals surface area contributed by atoms with Crippen LogP contribution < -0.4 is 11.1 Å². The van der Waals surface area contributed by atoms with Gasteiger partial charge in [0.25, 0.3) is 5.91 Å². The monoisotopic (exact) mass is 282 g/mol. The SMILES string of the molecule is Cc1cccc(C(=O)NCCC(N)c2ccccc2)c1C. The van der Waals surface area contributed by atoms with Crippen molar-refractivity contribution < 1.29 is 4.79 Å². The third-order valence-corrected chi connectivity index (χ3v) is 3.82. The zero-order chi connectivity index (χ0) is 15.2. The minimum atomic E-state index is -0.0508. The zero-order valence-corrected chi connectivity index (χ0v) is 12.6. The number of benzene rings is 2. The predicted molar refractivity (Wildman–Crippen MR) is 86.2 cm³/mol. The van der Waals surface area contributed by atoms with Crippen molar-refractivity contribution in [2.75, 3.05) is 6.54 Å². The molecule has 2 aromatic carbocycles. The summed E-state index contributed by atoms with van der Waals surface area (Å²) in [5.74, 6) is -0.0311. The minimum Gasteiger partial charge on any atom is -0.352 e. The van der Waals surface area contributed by atoms with Crippen LogP contribution in [0.2, 0.25) is 0 Å². The second-order valence-electron chi connectivity index (χ2n) is 5.31. The number of nitrogens with one attached hydrogen (secondary N) is 1. The maximum atomic E-state index is 12.2. The first-order valence-corrected chi connectivity index (χ1v) is 7.24. The Morgan fingerprint density at radius 3 is 2.52 bits per heavy atom. The second-order valence-corrected chi connectivity index (χ2v) is 5.31. The lowest BCUT2D eigenvalue weighted by Gasteiger charge is -2.13. The number of hydrogen-bond donors (Lipinski definition) is 2. The summed E-state index contributed by atoms with van der Waals surface area (Å²) in [7, 11) is 0. The third kappa shape index (κ3) is 3.92. The van der Waals surface area contributed by atoms with Crippen molar-refractivity contribution in [1.29, 1.82) is 0 Å². The summed E-state index contributed by atoms with van der Waals surface area (Å²) in [4.78, 5) is 12.2. The molecule has 3 N–H and O–H groups in total. The number of amides is 1. The maximum Gasteiger partial charge on any atom is 0.251 e. The first kappa shape index (κ1) is 15.3. The van der Waals surface area contributed by atoms with Gasteiger partial charge < -0.3 is 11.1 Å². The van der Waals surface area contributed by atoms with Crippen molar-refractivity contribution in [1.82, 2.24) is 5.32 Å². The van der Waals surface area contributed by atoms with Crippen LogP contribution in [0.25, 0.3) is 0 Å². The maximum absolute atomic E-state index is 12.2. The Bertz CT molecular complexity index is 608. The van der Waals surface area contributed by atoms with Gasteiger partial charge in [0.15, 0.2) is 0 Å². The number of carbonyl (C=O) groups excluding carboxylic acids is 1. The van der Waals surface area contributed by atoms with E-state index in [4.69, 9.17) is 5.73 Å². The van der Waals surface area contributed by atoms with Gasteiger partial charge in [-0.15, -0.1) is 0 Å². The lowest BCUT2D eigenvalue weighted by molar-refractivity contribution is 0.0952. The minimum absolute atomic E-state index is 0.0311. The number of nitrogens with two attached hydrogens (primary N) is 1. The van der Waals surface area contributed by atoms with Gasteiger partial charge >= 0.3 is 0 Å². The van der Waals surface area contributed by atoms with E-state index < -0.39 is 0 Å². The van der Waals surface area contributed by atoms with Crippen molar-refractivity contribution in [2.24, 2.45) is 5.73 Å². The lowest BCUT2D eigenvalue weighted by Crippen LogP contribution is -2.27. The zero-order valence-electron chi connectivity index (χ0n) is 12.6. The van der Waals surface area contributed by atoms with Crippen molar-refractivity contribution >= 4 is 5.91 Å². The van der Waals surface area contributed by atoms with E-state index in [9.17, 15) is 4.79 Å². The van der Waals surface area contributed by atoms with Gasteiger partial charge in [-0.25, -0.2) is 0 Å². The highest BCUT2D eigenvalue weighted by molar-refractivity contribution is 5.95. The van der Waals surface area contributed by atoms with Gasteiger partial charge in [-0.1, -0.05) is 42.5 Å². The second kappa shape index (κ2) is 7.04. The highest BCUT2D eigenvalue weighted by Crippen LogP contribution is 2.14. The van der Waals surface area contributed by atoms with Gasteiger partial charge in [0.1, 0.15) is 0 Å². The molecule has 110 valence electrons. The Kier molecular flexibility index (Phi) is 5.12. The van der Waals surface area contributed by atoms with Crippen LogP contribution in [0, 0.1) is 13.8 Å². The molecule has 1 unspecified atom stereocenters. The van der Waals surface area contributed by atoms with E-state index in [-0.39, 0.29) is 11.9 Å². The number of carbonyl (C=O) groups is 1. The molecule has 0 saturated carbocycles. The highest BCUT2D eigenvalue weighted by atomic mass is 16.1. The molecule has 0 aliphatic heterocycles. The molecule has 1 atom stereocenters. The van der Waals surface area contributed by atoms with Crippen molar-refractivity contribution in [2.45, 2.75) is 26.3 Å². The topological polar surface area (TPSA) is 55.1 Å². The summed E-state index contributed by atoms with van der Waals surface area (Å²) < 4.78 is 0. The summed E-state index contributed by atoms with van der Waals surface area (Å²) in [5, 5.41) is 2.95. The van der Waals surface area contributed by atoms with Crippen molar-refractivity contribution in [3.8, 4) is 0 Å². The summed E-state index contributed by atoms with van der Waals surface area (Å²) in [6, 6.07) is 15.7. The van der Waals surface area contributed by atoms with Gasteiger partial charge in [0, 0.05) is 18.2 Å². The molecule has 3 heteroatoms. The standard InChI is InChI=1S/C18H22N2O/c1-13-7-6-10-16(14(13)2)18(21)20-12-11-17(19)15-8-4-3-5-9-15/h3-10,17H,11-12,19H2,1-2H3,(H,20,21). The number of hydrogen-bond acceptors (Lipinski definition) is 2. The number of rotatable bonds is 5. The summed E-state index contributed by atoms with van der Waals surface area (Å²) in [6.07, 6.45) is 0.723. The number of aryl methyl sites for hydroxylation is 1. The quantitative estimate of drug-likeness (QED) is 0.885. The molecule has 3 nitrogen and oxygen atoms in total. The van der Waals surface area contributed by atoms with E-state index in [1.165, 1.54) is 0 Å². The van der Waals surface area contributed by atoms with Crippen molar-refractivity contribution in [3.63, 3.8) is 0 Å². The average Bonchev–Trinajstić information content (AvgIpc) is 2.50. The highest BCUT2D eigenvalue weighted by Gasteiger charge is 2.10. The van der Waals surface area contributed by atoms with Crippen LogP contribution in [-0.2, 0) is 0 Å². The Morgan fingerprint density at radius 1 is 1.10 bits per heavy atom. The fraction of sp³-hybridized carbons (Fsp3) is 0.278. The Balaban J connectivity index is 1.89. The third-order valence-electron chi connectivity index (χ3n) is 3.82. The molecular formula is C18H22N2O. The van der Waals surface area contributed by atoms with Gasteiger partial charge in [-0.2, -0.15) is 0 Å². The molecule has 0 fully saturated rings. The molecule has 0 aliphatic carbocycles. The van der Waals surface area contributed by atoms with E-state index in [0.29, 0.717) is 6.54 Å². The molecule has 1 amide bonds. The molecule has 0 bridgehead atoms. The van der Waals surface area contributed by atoms with E-state index in [1.807, 2.05) is 62.4 Å². The Hall–Kier alpha value is -2.13. The van der Waals surface area contributed by atoms with Crippen LogP contribution in [0.4, 0.5) is 0 Å². The van der Waals surface area contributed by atoms with Crippen LogP contribution in [-0.4, -0.2) is 12.5 Å². The van der Waals surface area contributed by atoms with Crippen LogP contribution in [0.5, 0.6) is 0 Å². The average molecular weight is 282 g/mol. The molecule has 2 aromatic rings. The molecule has 0 saturated heterocycles. The largest absolute Gasteiger partial charge is 0.352 e. The fourth-order valence-corrected chi connectivity index (χ4v) is 2.30. The van der Waals surface area contributed by atoms with Crippen LogP contribution in [0.15, 0.2) is 48.5 Å². The lowest BCUT2D eigenvalue weighted by atomic mass is 10.0. The molecule has 0 aliphatic rings. The van der Waals surface area contributed by atoms with Gasteiger partial charge in [-0.05, 0) is 43.0 Å². The van der Waals surface area contributed by atoms with Crippen LogP contribution in [0.3, 0.4) is 0 Å². The normalized spacial score (nSPS) is 12.0. The van der Waals surface area contributed by atoms with Gasteiger partial charge in [-0.3, -0.25) is 4.79 Å². The molecule has 0 aromatic heterocycles. The molecule has 0 heterocycles. The predicted octanol–water partition coefficient (Wildman–Crippen LogP) is 3.12. The van der Waals surface area contributed by atoms with Crippen molar-refractivity contribution in [3.05, 3.63) is 70.8 Å². The van der Waals surface area contributed by atoms with E-state index in [1.54, 1.807) is 0 Å². The van der Waals surface area contributed by atoms with E-state index in [0.717, 1.165) is 28.7 Å². The Morgan fingerprint density at radius 2 is 1.81 bits per heavy atom. The van der Waals surface area contributed by atoms with Gasteiger partial charge in [0.2, 0.25) is 0 Å². The fourth-order valence-electron chi connectivity index (χ4n) is 2.30. The first-order valence-electron chi connectivity index (χ1n) is 7.24.